The van der Waals surface area contributed by atoms with Crippen molar-refractivity contribution >= 4 is 45.1 Å². The van der Waals surface area contributed by atoms with E-state index in [0.717, 1.165) is 27.8 Å². The number of fused-ring (bicyclic) bond motifs is 3. The molecule has 0 radical (unpaired) electrons. The number of nitrogens with zero attached hydrogens (tertiary/aromatic N) is 3. The van der Waals surface area contributed by atoms with E-state index in [4.69, 9.17) is 16.3 Å². The van der Waals surface area contributed by atoms with Gasteiger partial charge in [-0.15, -0.1) is 0 Å². The van der Waals surface area contributed by atoms with Gasteiger partial charge in [0.25, 0.3) is 5.56 Å². The Morgan fingerprint density at radius 3 is 2.51 bits per heavy atom. The Hall–Kier alpha value is -4.10. The van der Waals surface area contributed by atoms with Crippen molar-refractivity contribution in [3.05, 3.63) is 99.6 Å². The molecular weight excluding hydrogens is 464 g/mol. The lowest BCUT2D eigenvalue weighted by molar-refractivity contribution is -0.116. The van der Waals surface area contributed by atoms with Crippen LogP contribution in [-0.4, -0.2) is 27.1 Å². The fourth-order valence-corrected chi connectivity index (χ4v) is 4.32. The van der Waals surface area contributed by atoms with Crippen molar-refractivity contribution in [2.24, 2.45) is 0 Å². The molecule has 176 valence electrons. The van der Waals surface area contributed by atoms with Gasteiger partial charge in [0.2, 0.25) is 5.91 Å². The van der Waals surface area contributed by atoms with Gasteiger partial charge < -0.3 is 14.6 Å². The van der Waals surface area contributed by atoms with Crippen LogP contribution in [0.1, 0.15) is 11.1 Å². The smallest absolute Gasteiger partial charge is 0.278 e. The van der Waals surface area contributed by atoms with Gasteiger partial charge in [-0.25, -0.2) is 4.98 Å². The predicted octanol–water partition coefficient (Wildman–Crippen LogP) is 5.01. The SMILES string of the molecule is COc1ccc(Cn2cnc3c4cc(C)ccc4n(CC(=O)Nc4ccc(Cl)cc4)c3c2=O)cc1. The first-order valence-electron chi connectivity index (χ1n) is 11.1. The van der Waals surface area contributed by atoms with E-state index in [1.165, 1.54) is 0 Å². The van der Waals surface area contributed by atoms with Crippen LogP contribution < -0.4 is 15.6 Å². The summed E-state index contributed by atoms with van der Waals surface area (Å²) in [5.74, 6) is 0.494. The maximum absolute atomic E-state index is 13.6. The lowest BCUT2D eigenvalue weighted by Crippen LogP contribution is -2.25. The minimum absolute atomic E-state index is 0.0326. The number of aromatic nitrogens is 3. The number of nitrogens with one attached hydrogen (secondary N) is 1. The second-order valence-corrected chi connectivity index (χ2v) is 8.82. The van der Waals surface area contributed by atoms with Crippen molar-refractivity contribution in [1.82, 2.24) is 14.1 Å². The zero-order chi connectivity index (χ0) is 24.5. The largest absolute Gasteiger partial charge is 0.497 e. The van der Waals surface area contributed by atoms with E-state index in [-0.39, 0.29) is 18.0 Å². The van der Waals surface area contributed by atoms with Crippen molar-refractivity contribution in [3.63, 3.8) is 0 Å². The lowest BCUT2D eigenvalue weighted by atomic mass is 10.1. The number of carbonyl (C=O) groups is 1. The molecule has 5 rings (SSSR count). The summed E-state index contributed by atoms with van der Waals surface area (Å²) in [4.78, 5) is 31.2. The van der Waals surface area contributed by atoms with Crippen molar-refractivity contribution in [3.8, 4) is 5.75 Å². The van der Waals surface area contributed by atoms with Gasteiger partial charge in [-0.2, -0.15) is 0 Å². The Bertz CT molecular complexity index is 1600. The maximum atomic E-state index is 13.6. The number of carbonyl (C=O) groups excluding carboxylic acids is 1. The molecule has 3 aromatic carbocycles. The molecule has 35 heavy (non-hydrogen) atoms. The molecule has 2 heterocycles. The summed E-state index contributed by atoms with van der Waals surface area (Å²) in [7, 11) is 1.61. The number of methoxy groups -OCH3 is 1. The molecule has 0 bridgehead atoms. The number of benzene rings is 3. The standard InChI is InChI=1S/C27H23ClN4O3/c1-17-3-12-23-22(13-17)25-26(32(23)15-24(33)30-20-8-6-19(28)7-9-20)27(34)31(16-29-25)14-18-4-10-21(35-2)11-5-18/h3-13,16H,14-15H2,1-2H3,(H,30,33). The number of anilines is 1. The average Bonchev–Trinajstić information content (AvgIpc) is 3.15. The molecule has 0 saturated carbocycles. The molecule has 0 saturated heterocycles. The Morgan fingerprint density at radius 1 is 1.06 bits per heavy atom. The molecule has 0 unspecified atom stereocenters. The number of aryl methyl sites for hydroxylation is 1. The monoisotopic (exact) mass is 486 g/mol. The third-order valence-electron chi connectivity index (χ3n) is 5.92. The summed E-state index contributed by atoms with van der Waals surface area (Å²) in [5.41, 5.74) is 4.17. The molecule has 0 aliphatic carbocycles. The van der Waals surface area contributed by atoms with E-state index in [1.807, 2.05) is 49.4 Å². The first-order chi connectivity index (χ1) is 16.9. The van der Waals surface area contributed by atoms with Gasteiger partial charge in [0.15, 0.2) is 0 Å². The van der Waals surface area contributed by atoms with E-state index in [0.29, 0.717) is 28.3 Å². The van der Waals surface area contributed by atoms with Crippen LogP contribution >= 0.6 is 11.6 Å². The number of halogens is 1. The van der Waals surface area contributed by atoms with Crippen LogP contribution in [0.4, 0.5) is 5.69 Å². The highest BCUT2D eigenvalue weighted by Gasteiger charge is 2.19. The molecule has 1 N–H and O–H groups in total. The van der Waals surface area contributed by atoms with Gasteiger partial charge in [0.1, 0.15) is 23.3 Å². The highest BCUT2D eigenvalue weighted by Crippen LogP contribution is 2.27. The highest BCUT2D eigenvalue weighted by molar-refractivity contribution is 6.30. The quantitative estimate of drug-likeness (QED) is 0.366. The van der Waals surface area contributed by atoms with Crippen LogP contribution in [0.15, 0.2) is 77.9 Å². The summed E-state index contributed by atoms with van der Waals surface area (Å²) >= 11 is 5.95. The van der Waals surface area contributed by atoms with E-state index in [9.17, 15) is 9.59 Å². The molecule has 1 amide bonds. The highest BCUT2D eigenvalue weighted by atomic mass is 35.5. The van der Waals surface area contributed by atoms with Crippen molar-refractivity contribution < 1.29 is 9.53 Å². The topological polar surface area (TPSA) is 78.2 Å². The molecule has 0 atom stereocenters. The van der Waals surface area contributed by atoms with Crippen LogP contribution in [0.3, 0.4) is 0 Å². The molecule has 0 spiro atoms. The van der Waals surface area contributed by atoms with Crippen molar-refractivity contribution in [2.75, 3.05) is 12.4 Å². The maximum Gasteiger partial charge on any atom is 0.278 e. The molecule has 5 aromatic rings. The van der Waals surface area contributed by atoms with Crippen LogP contribution in [-0.2, 0) is 17.9 Å². The first kappa shape index (κ1) is 22.7. The normalized spacial score (nSPS) is 11.2. The van der Waals surface area contributed by atoms with E-state index in [2.05, 4.69) is 10.3 Å². The van der Waals surface area contributed by atoms with Gasteiger partial charge in [0.05, 0.1) is 25.5 Å². The predicted molar refractivity (Wildman–Crippen MR) is 138 cm³/mol. The van der Waals surface area contributed by atoms with Gasteiger partial charge in [-0.3, -0.25) is 14.2 Å². The zero-order valence-electron chi connectivity index (χ0n) is 19.3. The summed E-state index contributed by atoms with van der Waals surface area (Å²) in [5, 5.41) is 4.30. The van der Waals surface area contributed by atoms with E-state index >= 15 is 0 Å². The van der Waals surface area contributed by atoms with E-state index in [1.54, 1.807) is 46.8 Å². The van der Waals surface area contributed by atoms with Crippen LogP contribution in [0.5, 0.6) is 5.75 Å². The molecule has 8 heteroatoms. The minimum atomic E-state index is -0.253. The summed E-state index contributed by atoms with van der Waals surface area (Å²) in [6.07, 6.45) is 1.56. The van der Waals surface area contributed by atoms with Crippen LogP contribution in [0.2, 0.25) is 5.02 Å². The Labute approximate surface area is 206 Å². The van der Waals surface area contributed by atoms with Crippen molar-refractivity contribution in [2.45, 2.75) is 20.0 Å². The van der Waals surface area contributed by atoms with Gasteiger partial charge >= 0.3 is 0 Å². The number of hydrogen-bond donors (Lipinski definition) is 1. The van der Waals surface area contributed by atoms with Gasteiger partial charge in [-0.1, -0.05) is 35.4 Å². The number of ether oxygens (including phenoxy) is 1. The lowest BCUT2D eigenvalue weighted by Gasteiger charge is -2.10. The van der Waals surface area contributed by atoms with Gasteiger partial charge in [-0.05, 0) is 61.0 Å². The van der Waals surface area contributed by atoms with Crippen LogP contribution in [0, 0.1) is 6.92 Å². The number of hydrogen-bond acceptors (Lipinski definition) is 4. The Kier molecular flexibility index (Phi) is 6.01. The Morgan fingerprint density at radius 2 is 1.80 bits per heavy atom. The summed E-state index contributed by atoms with van der Waals surface area (Å²) in [6, 6.07) is 20.3. The third kappa shape index (κ3) is 4.50. The average molecular weight is 487 g/mol. The molecule has 0 aliphatic heterocycles. The second kappa shape index (κ2) is 9.27. The summed E-state index contributed by atoms with van der Waals surface area (Å²) < 4.78 is 8.52. The van der Waals surface area contributed by atoms with Gasteiger partial charge in [0, 0.05) is 16.1 Å². The fraction of sp³-hybridized carbons (Fsp3) is 0.148. The zero-order valence-corrected chi connectivity index (χ0v) is 20.0. The second-order valence-electron chi connectivity index (χ2n) is 8.38. The molecule has 2 aromatic heterocycles. The number of rotatable bonds is 6. The molecule has 0 aliphatic rings. The molecule has 0 fully saturated rings. The third-order valence-corrected chi connectivity index (χ3v) is 6.18. The Balaban J connectivity index is 1.57. The van der Waals surface area contributed by atoms with Crippen LogP contribution in [0.25, 0.3) is 21.9 Å². The van der Waals surface area contributed by atoms with Crippen molar-refractivity contribution in [1.29, 1.82) is 0 Å². The molecular formula is C27H23ClN4O3. The minimum Gasteiger partial charge on any atom is -0.497 e. The first-order valence-corrected chi connectivity index (χ1v) is 11.5. The molecule has 7 nitrogen and oxygen atoms in total. The fourth-order valence-electron chi connectivity index (χ4n) is 4.20. The summed E-state index contributed by atoms with van der Waals surface area (Å²) in [6.45, 7) is 2.30. The number of amides is 1. The van der Waals surface area contributed by atoms with E-state index < -0.39 is 0 Å².